The van der Waals surface area contributed by atoms with E-state index in [-0.39, 0.29) is 17.4 Å². The molecule has 46 heavy (non-hydrogen) atoms. The van der Waals surface area contributed by atoms with E-state index in [2.05, 4.69) is 16.0 Å². The summed E-state index contributed by atoms with van der Waals surface area (Å²) >= 11 is 1.33. The van der Waals surface area contributed by atoms with Crippen LogP contribution in [0.25, 0.3) is 6.08 Å². The van der Waals surface area contributed by atoms with E-state index in [0.29, 0.717) is 34.0 Å². The molecule has 0 fully saturated rings. The van der Waals surface area contributed by atoms with Crippen molar-refractivity contribution in [1.82, 2.24) is 5.32 Å². The Morgan fingerprint density at radius 3 is 2.02 bits per heavy atom. The Labute approximate surface area is 271 Å². The predicted molar refractivity (Wildman–Crippen MR) is 182 cm³/mol. The second kappa shape index (κ2) is 15.8. The molecule has 9 heteroatoms. The molecule has 0 bridgehead atoms. The molecule has 5 aromatic carbocycles. The van der Waals surface area contributed by atoms with Crippen LogP contribution in [0.4, 0.5) is 11.4 Å². The van der Waals surface area contributed by atoms with Gasteiger partial charge in [-0.15, -0.1) is 11.8 Å². The molecule has 0 unspecified atom stereocenters. The van der Waals surface area contributed by atoms with E-state index in [1.54, 1.807) is 104 Å². The summed E-state index contributed by atoms with van der Waals surface area (Å²) in [5.74, 6) is 1.14. The lowest BCUT2D eigenvalue weighted by molar-refractivity contribution is -0.114. The van der Waals surface area contributed by atoms with E-state index in [0.717, 1.165) is 10.6 Å². The number of benzene rings is 5. The number of carbonyl (C=O) groups is 3. The van der Waals surface area contributed by atoms with Gasteiger partial charge >= 0.3 is 0 Å². The molecule has 0 aliphatic carbocycles. The summed E-state index contributed by atoms with van der Waals surface area (Å²) < 4.78 is 11.0. The van der Waals surface area contributed by atoms with Crippen molar-refractivity contribution in [2.24, 2.45) is 0 Å². The number of carbonyl (C=O) groups excluding carboxylic acids is 3. The first-order chi connectivity index (χ1) is 22.4. The molecule has 0 heterocycles. The number of amides is 3. The van der Waals surface area contributed by atoms with Crippen molar-refractivity contribution in [2.45, 2.75) is 4.90 Å². The lowest BCUT2D eigenvalue weighted by Crippen LogP contribution is -2.30. The number of rotatable bonds is 12. The molecule has 3 N–H and O–H groups in total. The van der Waals surface area contributed by atoms with Crippen LogP contribution in [0.3, 0.4) is 0 Å². The van der Waals surface area contributed by atoms with Gasteiger partial charge in [0, 0.05) is 21.8 Å². The molecule has 3 amide bonds. The Bertz CT molecular complexity index is 1810. The largest absolute Gasteiger partial charge is 0.497 e. The highest BCUT2D eigenvalue weighted by atomic mass is 32.2. The fraction of sp³-hybridized carbons (Fsp3) is 0.0541. The van der Waals surface area contributed by atoms with Gasteiger partial charge in [-0.3, -0.25) is 14.4 Å². The van der Waals surface area contributed by atoms with Crippen LogP contribution in [-0.2, 0) is 9.59 Å². The third-order valence-corrected chi connectivity index (χ3v) is 7.53. The normalized spacial score (nSPS) is 10.8. The Hall–Kier alpha value is -5.80. The van der Waals surface area contributed by atoms with E-state index in [9.17, 15) is 14.4 Å². The molecule has 8 nitrogen and oxygen atoms in total. The van der Waals surface area contributed by atoms with Crippen molar-refractivity contribution < 1.29 is 23.9 Å². The zero-order valence-electron chi connectivity index (χ0n) is 24.9. The number of thioether (sulfide) groups is 1. The van der Waals surface area contributed by atoms with Crippen molar-refractivity contribution >= 4 is 46.9 Å². The van der Waals surface area contributed by atoms with Gasteiger partial charge in [-0.1, -0.05) is 54.6 Å². The van der Waals surface area contributed by atoms with Crippen LogP contribution >= 0.6 is 11.8 Å². The Morgan fingerprint density at radius 1 is 0.674 bits per heavy atom. The third-order valence-electron chi connectivity index (χ3n) is 6.53. The van der Waals surface area contributed by atoms with Gasteiger partial charge in [-0.25, -0.2) is 0 Å². The van der Waals surface area contributed by atoms with E-state index in [1.165, 1.54) is 11.8 Å². The number of methoxy groups -OCH3 is 1. The van der Waals surface area contributed by atoms with Crippen molar-refractivity contribution in [1.29, 1.82) is 0 Å². The minimum Gasteiger partial charge on any atom is -0.497 e. The van der Waals surface area contributed by atoms with E-state index in [1.807, 2.05) is 42.5 Å². The minimum atomic E-state index is -0.500. The van der Waals surface area contributed by atoms with Gasteiger partial charge in [0.15, 0.2) is 0 Å². The molecular weight excluding hydrogens is 598 g/mol. The molecule has 0 saturated carbocycles. The minimum absolute atomic E-state index is 0.0663. The number of ether oxygens (including phenoxy) is 2. The summed E-state index contributed by atoms with van der Waals surface area (Å²) in [6.07, 6.45) is 1.60. The number of nitrogens with one attached hydrogen (secondary N) is 3. The summed E-state index contributed by atoms with van der Waals surface area (Å²) in [6, 6.07) is 39.5. The van der Waals surface area contributed by atoms with Gasteiger partial charge < -0.3 is 25.4 Å². The molecule has 0 radical (unpaired) electrons. The van der Waals surface area contributed by atoms with Gasteiger partial charge in [0.25, 0.3) is 11.8 Å². The summed E-state index contributed by atoms with van der Waals surface area (Å²) in [5.41, 5.74) is 2.36. The molecule has 0 aromatic heterocycles. The molecule has 0 atom stereocenters. The monoisotopic (exact) mass is 629 g/mol. The quantitative estimate of drug-likeness (QED) is 0.0968. The van der Waals surface area contributed by atoms with Gasteiger partial charge in [0.1, 0.15) is 22.9 Å². The average molecular weight is 630 g/mol. The number of para-hydroxylation sites is 1. The highest BCUT2D eigenvalue weighted by Crippen LogP contribution is 2.25. The summed E-state index contributed by atoms with van der Waals surface area (Å²) in [7, 11) is 1.57. The third kappa shape index (κ3) is 9.35. The van der Waals surface area contributed by atoms with Crippen molar-refractivity contribution in [3.63, 3.8) is 0 Å². The topological polar surface area (TPSA) is 106 Å². The number of hydrogen-bond acceptors (Lipinski definition) is 6. The molecule has 5 aromatic rings. The average Bonchev–Trinajstić information content (AvgIpc) is 3.09. The van der Waals surface area contributed by atoms with Crippen molar-refractivity contribution in [3.05, 3.63) is 150 Å². The number of anilines is 2. The Balaban J connectivity index is 1.20. The fourth-order valence-electron chi connectivity index (χ4n) is 4.25. The van der Waals surface area contributed by atoms with Gasteiger partial charge in [0.2, 0.25) is 5.91 Å². The molecule has 0 saturated heterocycles. The van der Waals surface area contributed by atoms with E-state index >= 15 is 0 Å². The van der Waals surface area contributed by atoms with Crippen molar-refractivity contribution in [2.75, 3.05) is 23.5 Å². The van der Waals surface area contributed by atoms with Gasteiger partial charge in [-0.2, -0.15) is 0 Å². The van der Waals surface area contributed by atoms with Crippen LogP contribution in [0.2, 0.25) is 0 Å². The van der Waals surface area contributed by atoms with Crippen LogP contribution in [0.1, 0.15) is 15.9 Å². The lowest BCUT2D eigenvalue weighted by atomic mass is 10.1. The summed E-state index contributed by atoms with van der Waals surface area (Å²) in [4.78, 5) is 39.8. The van der Waals surface area contributed by atoms with Gasteiger partial charge in [-0.05, 0) is 90.5 Å². The van der Waals surface area contributed by atoms with E-state index < -0.39 is 11.8 Å². The predicted octanol–water partition coefficient (Wildman–Crippen LogP) is 7.63. The fourth-order valence-corrected chi connectivity index (χ4v) is 5.00. The molecule has 5 rings (SSSR count). The standard InChI is InChI=1S/C37H31N3O5S/c1-44-30-19-15-26(16-20-30)23-34(40-36(42)27-9-4-2-5-10-27)37(43)39-29-11-8-14-33(24-29)46-25-35(41)38-28-17-21-32(22-18-28)45-31-12-6-3-7-13-31/h2-24H,25H2,1H3,(H,38,41)(H,39,43)(H,40,42)/b34-23+. The van der Waals surface area contributed by atoms with Gasteiger partial charge in [0.05, 0.1) is 12.9 Å². The van der Waals surface area contributed by atoms with Crippen molar-refractivity contribution in [3.8, 4) is 17.2 Å². The maximum atomic E-state index is 13.4. The smallest absolute Gasteiger partial charge is 0.272 e. The van der Waals surface area contributed by atoms with Crippen LogP contribution in [0.5, 0.6) is 17.2 Å². The molecule has 0 spiro atoms. The first kappa shape index (κ1) is 31.6. The second-order valence-electron chi connectivity index (χ2n) is 9.91. The Morgan fingerprint density at radius 2 is 1.33 bits per heavy atom. The highest BCUT2D eigenvalue weighted by Gasteiger charge is 2.16. The zero-order chi connectivity index (χ0) is 32.1. The maximum Gasteiger partial charge on any atom is 0.272 e. The lowest BCUT2D eigenvalue weighted by Gasteiger charge is -2.12. The molecule has 230 valence electrons. The summed E-state index contributed by atoms with van der Waals surface area (Å²) in [5, 5.41) is 8.48. The molecule has 0 aliphatic heterocycles. The Kier molecular flexibility index (Phi) is 10.8. The second-order valence-corrected chi connectivity index (χ2v) is 11.0. The maximum absolute atomic E-state index is 13.4. The van der Waals surface area contributed by atoms with Crippen LogP contribution in [-0.4, -0.2) is 30.6 Å². The first-order valence-electron chi connectivity index (χ1n) is 14.3. The van der Waals surface area contributed by atoms with Crippen LogP contribution in [0, 0.1) is 0 Å². The van der Waals surface area contributed by atoms with Crippen LogP contribution in [0.15, 0.2) is 144 Å². The van der Waals surface area contributed by atoms with Crippen LogP contribution < -0.4 is 25.4 Å². The molecular formula is C37H31N3O5S. The SMILES string of the molecule is COc1ccc(/C=C(/NC(=O)c2ccccc2)C(=O)Nc2cccc(SCC(=O)Nc3ccc(Oc4ccccc4)cc3)c2)cc1. The highest BCUT2D eigenvalue weighted by molar-refractivity contribution is 8.00. The zero-order valence-corrected chi connectivity index (χ0v) is 25.8. The summed E-state index contributed by atoms with van der Waals surface area (Å²) in [6.45, 7) is 0. The van der Waals surface area contributed by atoms with E-state index in [4.69, 9.17) is 9.47 Å². The first-order valence-corrected chi connectivity index (χ1v) is 15.3. The molecule has 0 aliphatic rings. The number of hydrogen-bond donors (Lipinski definition) is 3.